The van der Waals surface area contributed by atoms with E-state index < -0.39 is 0 Å². The maximum Gasteiger partial charge on any atom is 0.211 e. The van der Waals surface area contributed by atoms with Gasteiger partial charge in [-0.15, -0.1) is 0 Å². The Kier molecular flexibility index (Phi) is 4.85. The van der Waals surface area contributed by atoms with Crippen LogP contribution in [0.3, 0.4) is 0 Å². The Bertz CT molecular complexity index is 739. The molecular weight excluding hydrogens is 338 g/mol. The summed E-state index contributed by atoms with van der Waals surface area (Å²) in [7, 11) is 0. The Morgan fingerprint density at radius 2 is 1.87 bits per heavy atom. The van der Waals surface area contributed by atoms with E-state index in [-0.39, 0.29) is 22.7 Å². The first-order valence-corrected chi connectivity index (χ1v) is 8.01. The van der Waals surface area contributed by atoms with Crippen LogP contribution in [0.4, 0.5) is 10.1 Å². The summed E-state index contributed by atoms with van der Waals surface area (Å²) < 4.78 is 14.4. The molecule has 2 N–H and O–H groups in total. The van der Waals surface area contributed by atoms with E-state index in [1.54, 1.807) is 30.3 Å². The number of carbonyl (C=O) groups excluding carboxylic acids is 1. The van der Waals surface area contributed by atoms with E-state index in [4.69, 9.17) is 23.2 Å². The second kappa shape index (κ2) is 6.87. The van der Waals surface area contributed by atoms with E-state index >= 15 is 0 Å². The average Bonchev–Trinajstić information content (AvgIpc) is 3.00. The van der Waals surface area contributed by atoms with Gasteiger partial charge in [0.15, 0.2) is 0 Å². The molecule has 0 spiro atoms. The van der Waals surface area contributed by atoms with Gasteiger partial charge in [-0.3, -0.25) is 4.79 Å². The molecule has 0 bridgehead atoms. The van der Waals surface area contributed by atoms with Gasteiger partial charge in [0.1, 0.15) is 5.82 Å². The lowest BCUT2D eigenvalue weighted by atomic mass is 9.83. The van der Waals surface area contributed by atoms with Gasteiger partial charge in [-0.05, 0) is 29.3 Å². The summed E-state index contributed by atoms with van der Waals surface area (Å²) >= 11 is 11.9. The highest BCUT2D eigenvalue weighted by Gasteiger charge is 2.33. The highest BCUT2D eigenvalue weighted by Crippen LogP contribution is 2.41. The minimum Gasteiger partial charge on any atom is -0.328 e. The molecule has 0 radical (unpaired) electrons. The minimum absolute atomic E-state index is 0.0164. The van der Waals surface area contributed by atoms with Gasteiger partial charge >= 0.3 is 0 Å². The molecule has 1 fully saturated rings. The summed E-state index contributed by atoms with van der Waals surface area (Å²) in [6, 6.07) is 10.4. The molecule has 0 saturated carbocycles. The smallest absolute Gasteiger partial charge is 0.211 e. The fraction of sp³-hybridized carbons (Fsp3) is 0.235. The molecule has 1 heterocycles. The number of nitrogens with one attached hydrogen (secondary N) is 2. The van der Waals surface area contributed by atoms with Gasteiger partial charge in [-0.1, -0.05) is 41.4 Å². The Labute approximate surface area is 143 Å². The van der Waals surface area contributed by atoms with Crippen molar-refractivity contribution in [2.24, 2.45) is 0 Å². The van der Waals surface area contributed by atoms with E-state index in [0.29, 0.717) is 35.8 Å². The molecular formula is C17H15Cl2FN2O. The lowest BCUT2D eigenvalue weighted by Crippen LogP contribution is -2.13. The molecule has 120 valence electrons. The summed E-state index contributed by atoms with van der Waals surface area (Å²) in [6.07, 6.45) is 0.618. The number of hydrogen-bond acceptors (Lipinski definition) is 2. The normalized spacial score (nSPS) is 20.5. The molecule has 0 aliphatic carbocycles. The van der Waals surface area contributed by atoms with Crippen LogP contribution < -0.4 is 10.6 Å². The van der Waals surface area contributed by atoms with Crippen LogP contribution in [0.1, 0.15) is 23.0 Å². The monoisotopic (exact) mass is 352 g/mol. The molecule has 1 saturated heterocycles. The van der Waals surface area contributed by atoms with E-state index in [9.17, 15) is 9.18 Å². The van der Waals surface area contributed by atoms with Crippen LogP contribution in [0.25, 0.3) is 0 Å². The Hall–Kier alpha value is -1.62. The molecule has 1 aliphatic rings. The number of carbonyl (C=O) groups is 1. The quantitative estimate of drug-likeness (QED) is 0.810. The largest absolute Gasteiger partial charge is 0.328 e. The summed E-state index contributed by atoms with van der Waals surface area (Å²) in [5.74, 6) is -0.434. The highest BCUT2D eigenvalue weighted by molar-refractivity contribution is 6.31. The summed E-state index contributed by atoms with van der Waals surface area (Å²) in [5.41, 5.74) is 2.16. The topological polar surface area (TPSA) is 41.1 Å². The molecule has 2 aromatic rings. The molecule has 23 heavy (non-hydrogen) atoms. The third-order valence-electron chi connectivity index (χ3n) is 4.22. The molecule has 6 heteroatoms. The van der Waals surface area contributed by atoms with Crippen molar-refractivity contribution in [1.29, 1.82) is 0 Å². The maximum absolute atomic E-state index is 14.4. The third kappa shape index (κ3) is 3.20. The predicted octanol–water partition coefficient (Wildman–Crippen LogP) is 4.17. The molecule has 3 nitrogen and oxygen atoms in total. The summed E-state index contributed by atoms with van der Waals surface area (Å²) in [6.45, 7) is 1.33. The second-order valence-corrected chi connectivity index (χ2v) is 6.35. The van der Waals surface area contributed by atoms with Crippen molar-refractivity contribution >= 4 is 35.3 Å². The van der Waals surface area contributed by atoms with Gasteiger partial charge < -0.3 is 10.6 Å². The van der Waals surface area contributed by atoms with Gasteiger partial charge in [0, 0.05) is 35.6 Å². The maximum atomic E-state index is 14.4. The molecule has 2 atom stereocenters. The van der Waals surface area contributed by atoms with Crippen molar-refractivity contribution in [2.75, 3.05) is 18.4 Å². The molecule has 1 unspecified atom stereocenters. The van der Waals surface area contributed by atoms with Crippen LogP contribution in [0.2, 0.25) is 10.0 Å². The lowest BCUT2D eigenvalue weighted by molar-refractivity contribution is -0.105. The molecule has 1 aliphatic heterocycles. The Morgan fingerprint density at radius 3 is 2.61 bits per heavy atom. The van der Waals surface area contributed by atoms with Crippen molar-refractivity contribution < 1.29 is 9.18 Å². The first-order chi connectivity index (χ1) is 11.1. The number of benzene rings is 2. The molecule has 0 aromatic heterocycles. The summed E-state index contributed by atoms with van der Waals surface area (Å²) in [5, 5.41) is 6.63. The number of amides is 1. The van der Waals surface area contributed by atoms with Crippen molar-refractivity contribution in [1.82, 2.24) is 5.32 Å². The molecule has 2 aromatic carbocycles. The van der Waals surface area contributed by atoms with Crippen LogP contribution in [-0.2, 0) is 4.79 Å². The fourth-order valence-electron chi connectivity index (χ4n) is 3.18. The van der Waals surface area contributed by atoms with Crippen LogP contribution in [0, 0.1) is 5.82 Å². The Morgan fingerprint density at radius 1 is 1.13 bits per heavy atom. The standard InChI is InChI=1S/C17H15Cl2FN2O/c18-10-4-5-11(16(6-10)22-9-23)13-7-21-8-14(13)12-2-1-3-15(19)17(12)20/h1-6,9,13-14,21H,7-8H2,(H,22,23)/t13?,14-/m1/s1. The van der Waals surface area contributed by atoms with Gasteiger partial charge in [-0.2, -0.15) is 0 Å². The van der Waals surface area contributed by atoms with Crippen molar-refractivity contribution in [3.05, 3.63) is 63.4 Å². The van der Waals surface area contributed by atoms with E-state index in [2.05, 4.69) is 10.6 Å². The predicted molar refractivity (Wildman–Crippen MR) is 90.9 cm³/mol. The van der Waals surface area contributed by atoms with E-state index in [0.717, 1.165) is 5.56 Å². The first kappa shape index (κ1) is 16.2. The van der Waals surface area contributed by atoms with Gasteiger partial charge in [-0.25, -0.2) is 4.39 Å². The summed E-state index contributed by atoms with van der Waals surface area (Å²) in [4.78, 5) is 10.9. The lowest BCUT2D eigenvalue weighted by Gasteiger charge is -2.22. The number of halogens is 3. The average molecular weight is 353 g/mol. The number of hydrogen-bond donors (Lipinski definition) is 2. The Balaban J connectivity index is 2.02. The van der Waals surface area contributed by atoms with Crippen molar-refractivity contribution in [3.8, 4) is 0 Å². The third-order valence-corrected chi connectivity index (χ3v) is 4.75. The first-order valence-electron chi connectivity index (χ1n) is 7.26. The van der Waals surface area contributed by atoms with E-state index in [1.807, 2.05) is 6.07 Å². The number of anilines is 1. The minimum atomic E-state index is -0.383. The second-order valence-electron chi connectivity index (χ2n) is 5.51. The van der Waals surface area contributed by atoms with Crippen LogP contribution in [-0.4, -0.2) is 19.5 Å². The zero-order chi connectivity index (χ0) is 16.4. The molecule has 3 rings (SSSR count). The van der Waals surface area contributed by atoms with Crippen LogP contribution >= 0.6 is 23.2 Å². The molecule has 1 amide bonds. The van der Waals surface area contributed by atoms with Gasteiger partial charge in [0.2, 0.25) is 6.41 Å². The SMILES string of the molecule is O=CNc1cc(Cl)ccc1C1CNC[C@@H]1c1cccc(Cl)c1F. The highest BCUT2D eigenvalue weighted by atomic mass is 35.5. The van der Waals surface area contributed by atoms with Crippen molar-refractivity contribution in [3.63, 3.8) is 0 Å². The zero-order valence-corrected chi connectivity index (χ0v) is 13.7. The van der Waals surface area contributed by atoms with Crippen LogP contribution in [0.15, 0.2) is 36.4 Å². The number of rotatable bonds is 4. The van der Waals surface area contributed by atoms with Gasteiger partial charge in [0.25, 0.3) is 0 Å². The zero-order valence-electron chi connectivity index (χ0n) is 12.2. The van der Waals surface area contributed by atoms with Gasteiger partial charge in [0.05, 0.1) is 5.02 Å². The van der Waals surface area contributed by atoms with E-state index in [1.165, 1.54) is 0 Å². The van der Waals surface area contributed by atoms with Crippen molar-refractivity contribution in [2.45, 2.75) is 11.8 Å². The van der Waals surface area contributed by atoms with Crippen LogP contribution in [0.5, 0.6) is 0 Å². The fourth-order valence-corrected chi connectivity index (χ4v) is 3.53.